The number of aryl methyl sites for hydroxylation is 1. The van der Waals surface area contributed by atoms with E-state index in [1.807, 2.05) is 54.7 Å². The first-order chi connectivity index (χ1) is 14.2. The molecular weight excluding hydrogens is 356 g/mol. The smallest absolute Gasteiger partial charge is 0.253 e. The van der Waals surface area contributed by atoms with Gasteiger partial charge in [0.05, 0.1) is 11.6 Å². The summed E-state index contributed by atoms with van der Waals surface area (Å²) >= 11 is 0. The molecule has 1 atom stereocenters. The van der Waals surface area contributed by atoms with E-state index in [1.54, 1.807) is 0 Å². The molecule has 0 spiro atoms. The van der Waals surface area contributed by atoms with Crippen molar-refractivity contribution in [2.45, 2.75) is 32.9 Å². The van der Waals surface area contributed by atoms with Crippen molar-refractivity contribution >= 4 is 17.2 Å². The minimum atomic E-state index is -0.0357. The average Bonchev–Trinajstić information content (AvgIpc) is 2.77. The predicted molar refractivity (Wildman–Crippen MR) is 119 cm³/mol. The number of carbonyl (C=O) groups excluding carboxylic acids is 1. The summed E-state index contributed by atoms with van der Waals surface area (Å²) in [7, 11) is 0. The van der Waals surface area contributed by atoms with Gasteiger partial charge in [0.1, 0.15) is 0 Å². The molecule has 0 fully saturated rings. The SMILES string of the molecule is CC[C@H](NC(=O)C1=CN(c2ccccc2C)Cc2ccccc21)c1ccccc1. The lowest BCUT2D eigenvalue weighted by Gasteiger charge is -2.30. The van der Waals surface area contributed by atoms with E-state index >= 15 is 0 Å². The first-order valence-corrected chi connectivity index (χ1v) is 10.2. The van der Waals surface area contributed by atoms with Crippen LogP contribution in [0.3, 0.4) is 0 Å². The Bertz CT molecular complexity index is 1040. The van der Waals surface area contributed by atoms with Gasteiger partial charge in [0.25, 0.3) is 5.91 Å². The van der Waals surface area contributed by atoms with Crippen LogP contribution in [0.5, 0.6) is 0 Å². The topological polar surface area (TPSA) is 32.3 Å². The average molecular weight is 383 g/mol. The van der Waals surface area contributed by atoms with Crippen molar-refractivity contribution in [1.29, 1.82) is 0 Å². The number of rotatable bonds is 5. The van der Waals surface area contributed by atoms with E-state index in [0.29, 0.717) is 5.57 Å². The molecule has 0 bridgehead atoms. The van der Waals surface area contributed by atoms with Crippen molar-refractivity contribution in [2.75, 3.05) is 4.90 Å². The normalized spacial score (nSPS) is 14.0. The second-order valence-electron chi connectivity index (χ2n) is 7.46. The Morgan fingerprint density at radius 1 is 0.966 bits per heavy atom. The molecule has 1 amide bonds. The third kappa shape index (κ3) is 3.95. The van der Waals surface area contributed by atoms with Gasteiger partial charge < -0.3 is 10.2 Å². The Balaban J connectivity index is 1.69. The summed E-state index contributed by atoms with van der Waals surface area (Å²) in [5.74, 6) is -0.0357. The highest BCUT2D eigenvalue weighted by atomic mass is 16.1. The van der Waals surface area contributed by atoms with E-state index in [1.165, 1.54) is 5.56 Å². The molecule has 146 valence electrons. The summed E-state index contributed by atoms with van der Waals surface area (Å²) in [5, 5.41) is 3.25. The highest BCUT2D eigenvalue weighted by Crippen LogP contribution is 2.32. The zero-order valence-corrected chi connectivity index (χ0v) is 16.9. The number of nitrogens with zero attached hydrogens (tertiary/aromatic N) is 1. The molecule has 4 rings (SSSR count). The fourth-order valence-corrected chi connectivity index (χ4v) is 3.94. The van der Waals surface area contributed by atoms with Crippen molar-refractivity contribution < 1.29 is 4.79 Å². The van der Waals surface area contributed by atoms with Crippen LogP contribution in [0, 0.1) is 6.92 Å². The van der Waals surface area contributed by atoms with E-state index in [2.05, 4.69) is 54.4 Å². The van der Waals surface area contributed by atoms with Crippen LogP contribution in [0.1, 0.15) is 41.6 Å². The summed E-state index contributed by atoms with van der Waals surface area (Å²) in [6.07, 6.45) is 2.84. The molecule has 3 aromatic carbocycles. The van der Waals surface area contributed by atoms with Gasteiger partial charge in [0.15, 0.2) is 0 Å². The van der Waals surface area contributed by atoms with Gasteiger partial charge in [-0.15, -0.1) is 0 Å². The zero-order valence-electron chi connectivity index (χ0n) is 16.9. The molecule has 3 aromatic rings. The number of anilines is 1. The summed E-state index contributed by atoms with van der Waals surface area (Å²) in [6, 6.07) is 26.6. The van der Waals surface area contributed by atoms with Crippen molar-refractivity contribution in [3.63, 3.8) is 0 Å². The summed E-state index contributed by atoms with van der Waals surface area (Å²) in [5.41, 5.74) is 6.34. The Hall–Kier alpha value is -3.33. The Labute approximate surface area is 172 Å². The third-order valence-corrected chi connectivity index (χ3v) is 5.52. The summed E-state index contributed by atoms with van der Waals surface area (Å²) in [6.45, 7) is 4.96. The predicted octanol–water partition coefficient (Wildman–Crippen LogP) is 5.62. The second kappa shape index (κ2) is 8.36. The summed E-state index contributed by atoms with van der Waals surface area (Å²) < 4.78 is 0. The number of benzene rings is 3. The molecule has 29 heavy (non-hydrogen) atoms. The van der Waals surface area contributed by atoms with E-state index in [-0.39, 0.29) is 11.9 Å². The Morgan fingerprint density at radius 2 is 1.66 bits per heavy atom. The third-order valence-electron chi connectivity index (χ3n) is 5.52. The van der Waals surface area contributed by atoms with Crippen molar-refractivity contribution in [1.82, 2.24) is 5.32 Å². The number of fused-ring (bicyclic) bond motifs is 1. The van der Waals surface area contributed by atoms with Gasteiger partial charge in [-0.2, -0.15) is 0 Å². The van der Waals surface area contributed by atoms with Crippen molar-refractivity contribution in [3.8, 4) is 0 Å². The molecule has 1 aliphatic heterocycles. The van der Waals surface area contributed by atoms with E-state index in [9.17, 15) is 4.79 Å². The van der Waals surface area contributed by atoms with Gasteiger partial charge in [0, 0.05) is 18.4 Å². The van der Waals surface area contributed by atoms with E-state index in [4.69, 9.17) is 0 Å². The molecule has 0 aromatic heterocycles. The molecule has 1 N–H and O–H groups in total. The fraction of sp³-hybridized carbons (Fsp3) is 0.192. The van der Waals surface area contributed by atoms with Gasteiger partial charge in [-0.05, 0) is 41.7 Å². The molecule has 1 heterocycles. The molecule has 0 saturated carbocycles. The Kier molecular flexibility index (Phi) is 5.48. The molecular formula is C26H26N2O. The summed E-state index contributed by atoms with van der Waals surface area (Å²) in [4.78, 5) is 15.5. The first-order valence-electron chi connectivity index (χ1n) is 10.2. The van der Waals surface area contributed by atoms with E-state index in [0.717, 1.165) is 35.3 Å². The standard InChI is InChI=1S/C26H26N2O/c1-3-24(20-12-5-4-6-13-20)27-26(29)23-18-28(25-16-10-7-11-19(25)2)17-21-14-8-9-15-22(21)23/h4-16,18,24H,3,17H2,1-2H3,(H,27,29)/t24-/m0/s1. The van der Waals surface area contributed by atoms with Crippen LogP contribution >= 0.6 is 0 Å². The zero-order chi connectivity index (χ0) is 20.2. The monoisotopic (exact) mass is 382 g/mol. The number of hydrogen-bond donors (Lipinski definition) is 1. The molecule has 0 aliphatic carbocycles. The minimum Gasteiger partial charge on any atom is -0.345 e. The largest absolute Gasteiger partial charge is 0.345 e. The van der Waals surface area contributed by atoms with E-state index < -0.39 is 0 Å². The van der Waals surface area contributed by atoms with Gasteiger partial charge >= 0.3 is 0 Å². The fourth-order valence-electron chi connectivity index (χ4n) is 3.94. The van der Waals surface area contributed by atoms with Crippen LogP contribution in [-0.2, 0) is 11.3 Å². The number of hydrogen-bond acceptors (Lipinski definition) is 2. The van der Waals surface area contributed by atoms with Crippen LogP contribution in [0.25, 0.3) is 5.57 Å². The van der Waals surface area contributed by atoms with Crippen LogP contribution in [0.2, 0.25) is 0 Å². The first kappa shape index (κ1) is 19.0. The van der Waals surface area contributed by atoms with Crippen molar-refractivity contribution in [2.24, 2.45) is 0 Å². The quantitative estimate of drug-likeness (QED) is 0.621. The maximum Gasteiger partial charge on any atom is 0.253 e. The molecule has 0 saturated heterocycles. The number of para-hydroxylation sites is 1. The molecule has 0 radical (unpaired) electrons. The van der Waals surface area contributed by atoms with Crippen LogP contribution in [0.4, 0.5) is 5.69 Å². The maximum absolute atomic E-state index is 13.4. The number of nitrogens with one attached hydrogen (secondary N) is 1. The van der Waals surface area contributed by atoms with Crippen LogP contribution < -0.4 is 10.2 Å². The van der Waals surface area contributed by atoms with Gasteiger partial charge in [-0.3, -0.25) is 4.79 Å². The van der Waals surface area contributed by atoms with Crippen LogP contribution in [0.15, 0.2) is 85.1 Å². The molecule has 3 nitrogen and oxygen atoms in total. The highest BCUT2D eigenvalue weighted by Gasteiger charge is 2.25. The van der Waals surface area contributed by atoms with Crippen LogP contribution in [-0.4, -0.2) is 5.91 Å². The molecule has 3 heteroatoms. The lowest BCUT2D eigenvalue weighted by Crippen LogP contribution is -2.32. The second-order valence-corrected chi connectivity index (χ2v) is 7.46. The maximum atomic E-state index is 13.4. The lowest BCUT2D eigenvalue weighted by atomic mass is 9.94. The Morgan fingerprint density at radius 3 is 2.41 bits per heavy atom. The highest BCUT2D eigenvalue weighted by molar-refractivity contribution is 6.20. The van der Waals surface area contributed by atoms with Gasteiger partial charge in [-0.1, -0.05) is 79.7 Å². The number of carbonyl (C=O) groups is 1. The minimum absolute atomic E-state index is 0.00870. The molecule has 0 unspecified atom stereocenters. The molecule has 1 aliphatic rings. The van der Waals surface area contributed by atoms with Gasteiger partial charge in [0.2, 0.25) is 0 Å². The van der Waals surface area contributed by atoms with Gasteiger partial charge in [-0.25, -0.2) is 0 Å². The van der Waals surface area contributed by atoms with Crippen molar-refractivity contribution in [3.05, 3.63) is 107 Å². The number of amides is 1. The lowest BCUT2D eigenvalue weighted by molar-refractivity contribution is -0.116.